The molecule has 0 radical (unpaired) electrons. The molecule has 0 heterocycles. The van der Waals surface area contributed by atoms with Gasteiger partial charge in [0.2, 0.25) is 0 Å². The first-order chi connectivity index (χ1) is 5.17. The van der Waals surface area contributed by atoms with E-state index in [4.69, 9.17) is 0 Å². The van der Waals surface area contributed by atoms with E-state index in [1.54, 1.807) is 0 Å². The van der Waals surface area contributed by atoms with Crippen LogP contribution < -0.4 is 10.6 Å². The second kappa shape index (κ2) is 3.75. The van der Waals surface area contributed by atoms with E-state index in [0.29, 0.717) is 6.17 Å². The van der Waals surface area contributed by atoms with Crippen molar-refractivity contribution < 1.29 is 0 Å². The molecule has 0 rings (SSSR count). The summed E-state index contributed by atoms with van der Waals surface area (Å²) in [4.78, 5) is 0. The molecule has 0 spiro atoms. The molecule has 0 aliphatic heterocycles. The first kappa shape index (κ1) is 11.9. The lowest BCUT2D eigenvalue weighted by atomic mass is 9.90. The van der Waals surface area contributed by atoms with Crippen LogP contribution in [0, 0.1) is 5.41 Å². The van der Waals surface area contributed by atoms with Crippen molar-refractivity contribution in [2.75, 3.05) is 7.05 Å². The third-order valence-corrected chi connectivity index (χ3v) is 1.73. The van der Waals surface area contributed by atoms with E-state index in [-0.39, 0.29) is 11.0 Å². The Bertz CT molecular complexity index is 128. The van der Waals surface area contributed by atoms with Crippen LogP contribution in [0.3, 0.4) is 0 Å². The summed E-state index contributed by atoms with van der Waals surface area (Å²) in [5.74, 6) is 0. The molecule has 0 amide bonds. The van der Waals surface area contributed by atoms with Gasteiger partial charge in [0.15, 0.2) is 0 Å². The maximum atomic E-state index is 3.53. The van der Waals surface area contributed by atoms with Crippen molar-refractivity contribution in [2.24, 2.45) is 5.41 Å². The molecule has 0 bridgehead atoms. The van der Waals surface area contributed by atoms with Crippen LogP contribution in [-0.4, -0.2) is 18.8 Å². The summed E-state index contributed by atoms with van der Waals surface area (Å²) < 4.78 is 0. The Labute approximate surface area is 77.1 Å². The maximum absolute atomic E-state index is 3.53. The molecule has 0 aliphatic carbocycles. The van der Waals surface area contributed by atoms with E-state index >= 15 is 0 Å². The summed E-state index contributed by atoms with van der Waals surface area (Å²) in [6.45, 7) is 13.2. The summed E-state index contributed by atoms with van der Waals surface area (Å²) >= 11 is 0. The zero-order valence-electron chi connectivity index (χ0n) is 9.58. The van der Waals surface area contributed by atoms with E-state index in [0.717, 1.165) is 0 Å². The van der Waals surface area contributed by atoms with Crippen molar-refractivity contribution >= 4 is 0 Å². The van der Waals surface area contributed by atoms with Gasteiger partial charge in [-0.25, -0.2) is 0 Å². The highest BCUT2D eigenvalue weighted by molar-refractivity contribution is 4.83. The van der Waals surface area contributed by atoms with Gasteiger partial charge in [-0.1, -0.05) is 20.8 Å². The molecular formula is C10H24N2. The van der Waals surface area contributed by atoms with Crippen LogP contribution in [0.25, 0.3) is 0 Å². The third-order valence-electron chi connectivity index (χ3n) is 1.73. The molecule has 0 aromatic carbocycles. The van der Waals surface area contributed by atoms with E-state index in [2.05, 4.69) is 52.2 Å². The van der Waals surface area contributed by atoms with Gasteiger partial charge in [-0.2, -0.15) is 0 Å². The lowest BCUT2D eigenvalue weighted by molar-refractivity contribution is 0.193. The lowest BCUT2D eigenvalue weighted by Crippen LogP contribution is -2.56. The molecule has 2 heteroatoms. The molecule has 0 aromatic heterocycles. The Hall–Kier alpha value is -0.0800. The molecule has 1 unspecified atom stereocenters. The van der Waals surface area contributed by atoms with Crippen molar-refractivity contribution in [3.8, 4) is 0 Å². The first-order valence-corrected chi connectivity index (χ1v) is 4.62. The van der Waals surface area contributed by atoms with E-state index in [1.807, 2.05) is 7.05 Å². The van der Waals surface area contributed by atoms with Crippen molar-refractivity contribution in [3.63, 3.8) is 0 Å². The fourth-order valence-corrected chi connectivity index (χ4v) is 1.15. The summed E-state index contributed by atoms with van der Waals surface area (Å²) in [6, 6.07) is 0. The van der Waals surface area contributed by atoms with Crippen LogP contribution >= 0.6 is 0 Å². The minimum Gasteiger partial charge on any atom is -0.305 e. The minimum absolute atomic E-state index is 0.168. The van der Waals surface area contributed by atoms with Crippen LogP contribution in [0.1, 0.15) is 41.5 Å². The van der Waals surface area contributed by atoms with Crippen molar-refractivity contribution in [3.05, 3.63) is 0 Å². The molecule has 2 nitrogen and oxygen atoms in total. The monoisotopic (exact) mass is 172 g/mol. The number of rotatable bonds is 2. The van der Waals surface area contributed by atoms with Gasteiger partial charge in [-0.3, -0.25) is 5.32 Å². The Kier molecular flexibility index (Phi) is 3.73. The number of hydrogen-bond acceptors (Lipinski definition) is 2. The molecule has 0 saturated carbocycles. The second-order valence-corrected chi connectivity index (χ2v) is 5.48. The quantitative estimate of drug-likeness (QED) is 0.622. The first-order valence-electron chi connectivity index (χ1n) is 4.62. The van der Waals surface area contributed by atoms with Gasteiger partial charge in [0.25, 0.3) is 0 Å². The van der Waals surface area contributed by atoms with Crippen LogP contribution in [0.15, 0.2) is 0 Å². The summed E-state index contributed by atoms with van der Waals surface area (Å²) in [6.07, 6.45) is 0.359. The Morgan fingerprint density at radius 2 is 1.33 bits per heavy atom. The fourth-order valence-electron chi connectivity index (χ4n) is 1.15. The second-order valence-electron chi connectivity index (χ2n) is 5.48. The Balaban J connectivity index is 4.20. The Morgan fingerprint density at radius 1 is 0.917 bits per heavy atom. The van der Waals surface area contributed by atoms with Gasteiger partial charge in [0.1, 0.15) is 0 Å². The normalized spacial score (nSPS) is 16.2. The molecule has 12 heavy (non-hydrogen) atoms. The number of nitrogens with one attached hydrogen (secondary N) is 2. The minimum atomic E-state index is 0.168. The lowest BCUT2D eigenvalue weighted by Gasteiger charge is -2.37. The SMILES string of the molecule is CNC(NC(C)(C)C)C(C)(C)C. The highest BCUT2D eigenvalue weighted by Gasteiger charge is 2.26. The van der Waals surface area contributed by atoms with Crippen molar-refractivity contribution in [1.29, 1.82) is 0 Å². The van der Waals surface area contributed by atoms with E-state index in [1.165, 1.54) is 0 Å². The average Bonchev–Trinajstić information content (AvgIpc) is 1.78. The van der Waals surface area contributed by atoms with Crippen LogP contribution in [0.4, 0.5) is 0 Å². The Morgan fingerprint density at radius 3 is 1.42 bits per heavy atom. The molecule has 0 aromatic rings. The highest BCUT2D eigenvalue weighted by Crippen LogP contribution is 2.18. The maximum Gasteiger partial charge on any atom is 0.0623 e. The van der Waals surface area contributed by atoms with Gasteiger partial charge >= 0.3 is 0 Å². The van der Waals surface area contributed by atoms with Gasteiger partial charge in [0, 0.05) is 5.54 Å². The van der Waals surface area contributed by atoms with Crippen molar-refractivity contribution in [2.45, 2.75) is 53.2 Å². The molecule has 2 N–H and O–H groups in total. The van der Waals surface area contributed by atoms with Crippen LogP contribution in [0.2, 0.25) is 0 Å². The van der Waals surface area contributed by atoms with Gasteiger partial charge < -0.3 is 5.32 Å². The zero-order chi connectivity index (χ0) is 9.99. The molecule has 1 atom stereocenters. The molecule has 74 valence electrons. The van der Waals surface area contributed by atoms with Crippen molar-refractivity contribution in [1.82, 2.24) is 10.6 Å². The van der Waals surface area contributed by atoms with E-state index in [9.17, 15) is 0 Å². The topological polar surface area (TPSA) is 24.1 Å². The van der Waals surface area contributed by atoms with E-state index < -0.39 is 0 Å². The molecule has 0 saturated heterocycles. The third kappa shape index (κ3) is 4.73. The highest BCUT2D eigenvalue weighted by atomic mass is 15.2. The zero-order valence-corrected chi connectivity index (χ0v) is 9.58. The van der Waals surface area contributed by atoms with Gasteiger partial charge in [-0.15, -0.1) is 0 Å². The summed E-state index contributed by atoms with van der Waals surface area (Å²) in [5.41, 5.74) is 0.420. The predicted molar refractivity (Wildman–Crippen MR) is 55.2 cm³/mol. The average molecular weight is 172 g/mol. The fraction of sp³-hybridized carbons (Fsp3) is 1.00. The molecule has 0 fully saturated rings. The standard InChI is InChI=1S/C10H24N2/c1-9(2,3)8(11-7)12-10(4,5)6/h8,11-12H,1-7H3. The van der Waals surface area contributed by atoms with Gasteiger partial charge in [-0.05, 0) is 33.2 Å². The smallest absolute Gasteiger partial charge is 0.0623 e. The summed E-state index contributed by atoms with van der Waals surface area (Å²) in [7, 11) is 1.99. The predicted octanol–water partition coefficient (Wildman–Crippen LogP) is 1.97. The van der Waals surface area contributed by atoms with Gasteiger partial charge in [0.05, 0.1) is 6.17 Å². The van der Waals surface area contributed by atoms with Crippen LogP contribution in [0.5, 0.6) is 0 Å². The summed E-state index contributed by atoms with van der Waals surface area (Å²) in [5, 5.41) is 6.82. The molecule has 0 aliphatic rings. The number of hydrogen-bond donors (Lipinski definition) is 2. The van der Waals surface area contributed by atoms with Crippen LogP contribution in [-0.2, 0) is 0 Å². The molecular weight excluding hydrogens is 148 g/mol. The largest absolute Gasteiger partial charge is 0.305 e.